The summed E-state index contributed by atoms with van der Waals surface area (Å²) in [6.07, 6.45) is -0.131. The number of hydrogen-bond donors (Lipinski definition) is 2. The molecule has 0 saturated carbocycles. The highest BCUT2D eigenvalue weighted by Crippen LogP contribution is 2.15. The number of carboxylic acids is 1. The second kappa shape index (κ2) is 7.64. The van der Waals surface area contributed by atoms with Crippen LogP contribution in [0.1, 0.15) is 28.8 Å². The number of ether oxygens (including phenoxy) is 1. The first-order valence-corrected chi connectivity index (χ1v) is 6.59. The summed E-state index contributed by atoms with van der Waals surface area (Å²) in [4.78, 5) is 34.2. The minimum absolute atomic E-state index is 0.0413. The number of nitrogens with one attached hydrogen (secondary N) is 1. The minimum atomic E-state index is -1.21. The lowest BCUT2D eigenvalue weighted by atomic mass is 10.1. The minimum Gasteiger partial charge on any atom is -0.480 e. The lowest BCUT2D eigenvalue weighted by Gasteiger charge is -2.15. The number of amides is 1. The van der Waals surface area contributed by atoms with Gasteiger partial charge in [0.05, 0.1) is 7.11 Å². The van der Waals surface area contributed by atoms with Gasteiger partial charge in [0.2, 0.25) is 0 Å². The standard InChI is InChI=1S/C14H16ClNO5/c1-8-7-9(15)3-4-10(8)13(18)16-11(14(19)20)5-6-12(17)21-2/h3-4,7,11H,5-6H2,1-2H3,(H,16,18)(H,19,20)/t11-/m0/s1. The molecule has 6 nitrogen and oxygen atoms in total. The number of hydrogen-bond acceptors (Lipinski definition) is 4. The van der Waals surface area contributed by atoms with E-state index in [1.54, 1.807) is 19.1 Å². The Morgan fingerprint density at radius 3 is 2.57 bits per heavy atom. The van der Waals surface area contributed by atoms with Gasteiger partial charge in [-0.2, -0.15) is 0 Å². The number of esters is 1. The van der Waals surface area contributed by atoms with Crippen molar-refractivity contribution in [1.29, 1.82) is 0 Å². The van der Waals surface area contributed by atoms with Crippen LogP contribution in [0.4, 0.5) is 0 Å². The number of carbonyl (C=O) groups is 3. The van der Waals surface area contributed by atoms with Gasteiger partial charge in [-0.25, -0.2) is 4.79 Å². The zero-order chi connectivity index (χ0) is 16.0. The van der Waals surface area contributed by atoms with Crippen LogP contribution in [0.25, 0.3) is 0 Å². The summed E-state index contributed by atoms with van der Waals surface area (Å²) in [5, 5.41) is 12.0. The predicted octanol–water partition coefficient (Wildman–Crippen LogP) is 1.78. The molecule has 1 amide bonds. The number of aryl methyl sites for hydroxylation is 1. The van der Waals surface area contributed by atoms with E-state index in [4.69, 9.17) is 16.7 Å². The Morgan fingerprint density at radius 2 is 2.05 bits per heavy atom. The van der Waals surface area contributed by atoms with Gasteiger partial charge >= 0.3 is 11.9 Å². The zero-order valence-corrected chi connectivity index (χ0v) is 12.4. The average Bonchev–Trinajstić information content (AvgIpc) is 2.42. The van der Waals surface area contributed by atoms with E-state index in [9.17, 15) is 14.4 Å². The van der Waals surface area contributed by atoms with E-state index >= 15 is 0 Å². The van der Waals surface area contributed by atoms with Crippen LogP contribution in [0, 0.1) is 6.92 Å². The average molecular weight is 314 g/mol. The molecule has 7 heteroatoms. The smallest absolute Gasteiger partial charge is 0.326 e. The quantitative estimate of drug-likeness (QED) is 0.781. The Hall–Kier alpha value is -2.08. The van der Waals surface area contributed by atoms with Crippen molar-refractivity contribution >= 4 is 29.4 Å². The van der Waals surface area contributed by atoms with Crippen molar-refractivity contribution in [3.05, 3.63) is 34.3 Å². The highest BCUT2D eigenvalue weighted by Gasteiger charge is 2.22. The molecule has 1 aromatic rings. The molecular weight excluding hydrogens is 298 g/mol. The molecule has 2 N–H and O–H groups in total. The second-order valence-corrected chi connectivity index (χ2v) is 4.87. The molecule has 0 radical (unpaired) electrons. The molecule has 0 heterocycles. The fraction of sp³-hybridized carbons (Fsp3) is 0.357. The van der Waals surface area contributed by atoms with Crippen LogP contribution in [0.3, 0.4) is 0 Å². The number of rotatable bonds is 6. The van der Waals surface area contributed by atoms with Gasteiger partial charge in [-0.3, -0.25) is 9.59 Å². The van der Waals surface area contributed by atoms with Gasteiger partial charge in [0.1, 0.15) is 6.04 Å². The van der Waals surface area contributed by atoms with Gasteiger partial charge in [0.15, 0.2) is 0 Å². The molecule has 0 bridgehead atoms. The van der Waals surface area contributed by atoms with Crippen molar-refractivity contribution in [3.63, 3.8) is 0 Å². The molecule has 1 rings (SSSR count). The van der Waals surface area contributed by atoms with Gasteiger partial charge in [-0.05, 0) is 37.1 Å². The normalized spacial score (nSPS) is 11.6. The SMILES string of the molecule is COC(=O)CC[C@H](NC(=O)c1ccc(Cl)cc1C)C(=O)O. The van der Waals surface area contributed by atoms with Gasteiger partial charge in [0, 0.05) is 17.0 Å². The first-order chi connectivity index (χ1) is 9.85. The summed E-state index contributed by atoms with van der Waals surface area (Å²) in [6, 6.07) is 3.52. The summed E-state index contributed by atoms with van der Waals surface area (Å²) in [5.41, 5.74) is 0.973. The molecule has 0 unspecified atom stereocenters. The molecule has 1 aromatic carbocycles. The number of halogens is 1. The lowest BCUT2D eigenvalue weighted by molar-refractivity contribution is -0.142. The largest absolute Gasteiger partial charge is 0.480 e. The molecule has 0 aliphatic carbocycles. The third-order valence-corrected chi connectivity index (χ3v) is 3.14. The maximum absolute atomic E-state index is 12.1. The van der Waals surface area contributed by atoms with Crippen molar-refractivity contribution in [3.8, 4) is 0 Å². The Morgan fingerprint density at radius 1 is 1.38 bits per heavy atom. The number of methoxy groups -OCH3 is 1. The highest BCUT2D eigenvalue weighted by atomic mass is 35.5. The van der Waals surface area contributed by atoms with E-state index in [0.717, 1.165) is 0 Å². The maximum Gasteiger partial charge on any atom is 0.326 e. The van der Waals surface area contributed by atoms with Crippen molar-refractivity contribution in [2.75, 3.05) is 7.11 Å². The van der Waals surface area contributed by atoms with Gasteiger partial charge < -0.3 is 15.2 Å². The summed E-state index contributed by atoms with van der Waals surface area (Å²) in [7, 11) is 1.22. The van der Waals surface area contributed by atoms with Gasteiger partial charge in [-0.15, -0.1) is 0 Å². The molecule has 0 aliphatic heterocycles. The predicted molar refractivity (Wildman–Crippen MR) is 76.3 cm³/mol. The number of benzene rings is 1. The monoisotopic (exact) mass is 313 g/mol. The highest BCUT2D eigenvalue weighted by molar-refractivity contribution is 6.30. The van der Waals surface area contributed by atoms with E-state index in [1.165, 1.54) is 13.2 Å². The van der Waals surface area contributed by atoms with E-state index < -0.39 is 23.9 Å². The lowest BCUT2D eigenvalue weighted by Crippen LogP contribution is -2.41. The first kappa shape index (κ1) is 17.0. The maximum atomic E-state index is 12.1. The van der Waals surface area contributed by atoms with Crippen LogP contribution in [0.5, 0.6) is 0 Å². The van der Waals surface area contributed by atoms with E-state index in [-0.39, 0.29) is 12.8 Å². The first-order valence-electron chi connectivity index (χ1n) is 6.21. The van der Waals surface area contributed by atoms with Crippen LogP contribution in [0.2, 0.25) is 5.02 Å². The molecule has 114 valence electrons. The van der Waals surface area contributed by atoms with Crippen molar-refractivity contribution in [1.82, 2.24) is 5.32 Å². The number of aliphatic carboxylic acids is 1. The Kier molecular flexibility index (Phi) is 6.17. The fourth-order valence-corrected chi connectivity index (χ4v) is 1.97. The summed E-state index contributed by atoms with van der Waals surface area (Å²) in [6.45, 7) is 1.70. The molecule has 0 aromatic heterocycles. The van der Waals surface area contributed by atoms with E-state index in [1.807, 2.05) is 0 Å². The fourth-order valence-electron chi connectivity index (χ4n) is 1.74. The molecule has 0 saturated heterocycles. The topological polar surface area (TPSA) is 92.7 Å². The third-order valence-electron chi connectivity index (χ3n) is 2.90. The molecule has 21 heavy (non-hydrogen) atoms. The van der Waals surface area contributed by atoms with Crippen LogP contribution in [0.15, 0.2) is 18.2 Å². The van der Waals surface area contributed by atoms with E-state index in [2.05, 4.69) is 10.1 Å². The zero-order valence-electron chi connectivity index (χ0n) is 11.7. The van der Waals surface area contributed by atoms with Gasteiger partial charge in [0.25, 0.3) is 5.91 Å². The summed E-state index contributed by atoms with van der Waals surface area (Å²) in [5.74, 6) is -2.27. The van der Waals surface area contributed by atoms with Crippen molar-refractivity contribution in [2.45, 2.75) is 25.8 Å². The Bertz CT molecular complexity index is 558. The van der Waals surface area contributed by atoms with Crippen LogP contribution < -0.4 is 5.32 Å². The third kappa shape index (κ3) is 5.07. The van der Waals surface area contributed by atoms with E-state index in [0.29, 0.717) is 16.1 Å². The van der Waals surface area contributed by atoms with Crippen LogP contribution in [-0.4, -0.2) is 36.1 Å². The Balaban J connectivity index is 2.76. The molecular formula is C14H16ClNO5. The summed E-state index contributed by atoms with van der Waals surface area (Å²) < 4.78 is 4.44. The molecule has 0 fully saturated rings. The number of carboxylic acid groups (broad SMARTS) is 1. The second-order valence-electron chi connectivity index (χ2n) is 4.44. The number of carbonyl (C=O) groups excluding carboxylic acids is 2. The summed E-state index contributed by atoms with van der Waals surface area (Å²) >= 11 is 5.80. The van der Waals surface area contributed by atoms with Crippen LogP contribution >= 0.6 is 11.6 Å². The van der Waals surface area contributed by atoms with Crippen LogP contribution in [-0.2, 0) is 14.3 Å². The molecule has 1 atom stereocenters. The van der Waals surface area contributed by atoms with Crippen molar-refractivity contribution < 1.29 is 24.2 Å². The van der Waals surface area contributed by atoms with Gasteiger partial charge in [-0.1, -0.05) is 11.6 Å². The Labute approximate surface area is 127 Å². The van der Waals surface area contributed by atoms with Crippen molar-refractivity contribution in [2.24, 2.45) is 0 Å². The molecule has 0 aliphatic rings. The molecule has 0 spiro atoms.